The molecule has 0 N–H and O–H groups in total. The van der Waals surface area contributed by atoms with Crippen LogP contribution in [-0.4, -0.2) is 20.0 Å². The molecule has 24 heavy (non-hydrogen) atoms. The highest BCUT2D eigenvalue weighted by molar-refractivity contribution is 6.10. The number of hydrogen-bond donors (Lipinski definition) is 0. The van der Waals surface area contributed by atoms with Crippen molar-refractivity contribution < 1.29 is 14.3 Å². The van der Waals surface area contributed by atoms with Gasteiger partial charge in [0.05, 0.1) is 14.2 Å². The average Bonchev–Trinajstić information content (AvgIpc) is 2.65. The second-order valence-electron chi connectivity index (χ2n) is 5.34. The van der Waals surface area contributed by atoms with Crippen LogP contribution in [0.25, 0.3) is 16.8 Å². The maximum absolute atomic E-state index is 12.6. The van der Waals surface area contributed by atoms with Gasteiger partial charge >= 0.3 is 0 Å². The minimum Gasteiger partial charge on any atom is -0.496 e. The Morgan fingerprint density at radius 3 is 2.17 bits per heavy atom. The molecule has 0 spiro atoms. The summed E-state index contributed by atoms with van der Waals surface area (Å²) < 4.78 is 10.6. The van der Waals surface area contributed by atoms with E-state index in [1.54, 1.807) is 44.6 Å². The van der Waals surface area contributed by atoms with Gasteiger partial charge in [0.25, 0.3) is 0 Å². The van der Waals surface area contributed by atoms with Crippen molar-refractivity contribution in [1.82, 2.24) is 0 Å². The number of allylic oxidation sites excluding steroid dienone is 1. The molecule has 0 bridgehead atoms. The third-order valence-corrected chi connectivity index (χ3v) is 3.87. The van der Waals surface area contributed by atoms with Crippen LogP contribution in [0.4, 0.5) is 0 Å². The molecule has 0 aliphatic heterocycles. The first-order chi connectivity index (χ1) is 11.7. The van der Waals surface area contributed by atoms with Gasteiger partial charge in [0.2, 0.25) is 0 Å². The Kier molecular flexibility index (Phi) is 4.62. The first-order valence-corrected chi connectivity index (χ1v) is 7.65. The molecule has 120 valence electrons. The number of benzene rings is 3. The smallest absolute Gasteiger partial charge is 0.193 e. The highest BCUT2D eigenvalue weighted by Gasteiger charge is 2.15. The Hall–Kier alpha value is -3.07. The van der Waals surface area contributed by atoms with E-state index in [1.165, 1.54) is 5.39 Å². The molecule has 3 nitrogen and oxygen atoms in total. The molecular formula is C21H18O3. The van der Waals surface area contributed by atoms with Gasteiger partial charge in [-0.3, -0.25) is 4.79 Å². The summed E-state index contributed by atoms with van der Waals surface area (Å²) in [6, 6.07) is 19.5. The third-order valence-electron chi connectivity index (χ3n) is 3.87. The molecule has 3 rings (SSSR count). The van der Waals surface area contributed by atoms with Gasteiger partial charge in [0.1, 0.15) is 17.1 Å². The predicted molar refractivity (Wildman–Crippen MR) is 96.9 cm³/mol. The lowest BCUT2D eigenvalue weighted by atomic mass is 10.0. The number of rotatable bonds is 5. The number of fused-ring (bicyclic) bond motifs is 1. The first-order valence-electron chi connectivity index (χ1n) is 7.65. The number of ether oxygens (including phenoxy) is 2. The topological polar surface area (TPSA) is 35.5 Å². The summed E-state index contributed by atoms with van der Waals surface area (Å²) in [4.78, 5) is 12.6. The van der Waals surface area contributed by atoms with Gasteiger partial charge in [0, 0.05) is 0 Å². The SMILES string of the molecule is COc1cccc(OC)c1C(=O)C=Cc1ccc2ccccc2c1. The van der Waals surface area contributed by atoms with Crippen molar-refractivity contribution >= 4 is 22.6 Å². The van der Waals surface area contributed by atoms with Gasteiger partial charge in [0.15, 0.2) is 5.78 Å². The molecule has 3 aromatic carbocycles. The van der Waals surface area contributed by atoms with E-state index in [-0.39, 0.29) is 5.78 Å². The van der Waals surface area contributed by atoms with Crippen LogP contribution < -0.4 is 9.47 Å². The zero-order valence-electron chi connectivity index (χ0n) is 13.7. The Bertz CT molecular complexity index is 888. The van der Waals surface area contributed by atoms with Crippen molar-refractivity contribution in [3.05, 3.63) is 77.9 Å². The number of carbonyl (C=O) groups excluding carboxylic acids is 1. The molecule has 0 unspecified atom stereocenters. The van der Waals surface area contributed by atoms with Crippen LogP contribution in [0.2, 0.25) is 0 Å². The zero-order chi connectivity index (χ0) is 16.9. The Labute approximate surface area is 141 Å². The molecule has 0 radical (unpaired) electrons. The van der Waals surface area contributed by atoms with E-state index in [9.17, 15) is 4.79 Å². The van der Waals surface area contributed by atoms with Crippen molar-refractivity contribution in [2.75, 3.05) is 14.2 Å². The molecule has 0 heterocycles. The lowest BCUT2D eigenvalue weighted by Crippen LogP contribution is -2.02. The number of methoxy groups -OCH3 is 2. The van der Waals surface area contributed by atoms with Gasteiger partial charge < -0.3 is 9.47 Å². The fraction of sp³-hybridized carbons (Fsp3) is 0.0952. The second kappa shape index (κ2) is 7.01. The van der Waals surface area contributed by atoms with E-state index >= 15 is 0 Å². The van der Waals surface area contributed by atoms with E-state index in [0.29, 0.717) is 17.1 Å². The van der Waals surface area contributed by atoms with Crippen LogP contribution in [0, 0.1) is 0 Å². The molecule has 0 saturated heterocycles. The van der Waals surface area contributed by atoms with E-state index in [4.69, 9.17) is 9.47 Å². The van der Waals surface area contributed by atoms with Crippen molar-refractivity contribution in [3.63, 3.8) is 0 Å². The number of carbonyl (C=O) groups is 1. The molecular weight excluding hydrogens is 300 g/mol. The van der Waals surface area contributed by atoms with E-state index in [0.717, 1.165) is 10.9 Å². The summed E-state index contributed by atoms with van der Waals surface area (Å²) in [6.07, 6.45) is 3.35. The van der Waals surface area contributed by atoms with Gasteiger partial charge in [-0.2, -0.15) is 0 Å². The van der Waals surface area contributed by atoms with Crippen LogP contribution in [0.15, 0.2) is 66.7 Å². The third kappa shape index (κ3) is 3.15. The summed E-state index contributed by atoms with van der Waals surface area (Å²) in [6.45, 7) is 0. The minimum atomic E-state index is -0.155. The van der Waals surface area contributed by atoms with Crippen LogP contribution in [0.3, 0.4) is 0 Å². The summed E-state index contributed by atoms with van der Waals surface area (Å²) in [5, 5.41) is 2.31. The molecule has 3 aromatic rings. The molecule has 0 aliphatic carbocycles. The average molecular weight is 318 g/mol. The van der Waals surface area contributed by atoms with Crippen LogP contribution in [-0.2, 0) is 0 Å². The normalized spacial score (nSPS) is 10.9. The number of hydrogen-bond acceptors (Lipinski definition) is 3. The molecule has 0 fully saturated rings. The van der Waals surface area contributed by atoms with Gasteiger partial charge in [-0.1, -0.05) is 48.5 Å². The number of ketones is 1. The van der Waals surface area contributed by atoms with E-state index in [1.807, 2.05) is 24.3 Å². The Balaban J connectivity index is 1.92. The highest BCUT2D eigenvalue weighted by Crippen LogP contribution is 2.29. The molecule has 3 heteroatoms. The Morgan fingerprint density at radius 2 is 1.50 bits per heavy atom. The highest BCUT2D eigenvalue weighted by atomic mass is 16.5. The standard InChI is InChI=1S/C21H18O3/c1-23-19-8-5-9-20(24-2)21(19)18(22)13-11-15-10-12-16-6-3-4-7-17(16)14-15/h3-14H,1-2H3. The van der Waals surface area contributed by atoms with Crippen LogP contribution >= 0.6 is 0 Å². The molecule has 0 amide bonds. The summed E-state index contributed by atoms with van der Waals surface area (Å²) in [7, 11) is 3.08. The molecule has 0 saturated carbocycles. The zero-order valence-corrected chi connectivity index (χ0v) is 13.7. The lowest BCUT2D eigenvalue weighted by molar-refractivity contribution is 0.104. The maximum atomic E-state index is 12.6. The fourth-order valence-corrected chi connectivity index (χ4v) is 2.66. The van der Waals surface area contributed by atoms with Crippen molar-refractivity contribution in [1.29, 1.82) is 0 Å². The molecule has 0 aliphatic rings. The van der Waals surface area contributed by atoms with Crippen molar-refractivity contribution in [2.24, 2.45) is 0 Å². The van der Waals surface area contributed by atoms with E-state index in [2.05, 4.69) is 18.2 Å². The van der Waals surface area contributed by atoms with Crippen LogP contribution in [0.1, 0.15) is 15.9 Å². The largest absolute Gasteiger partial charge is 0.496 e. The van der Waals surface area contributed by atoms with Crippen LogP contribution in [0.5, 0.6) is 11.5 Å². The molecule has 0 atom stereocenters. The summed E-state index contributed by atoms with van der Waals surface area (Å²) in [5.74, 6) is 0.850. The van der Waals surface area contributed by atoms with Crippen molar-refractivity contribution in [2.45, 2.75) is 0 Å². The predicted octanol–water partition coefficient (Wildman–Crippen LogP) is 4.75. The van der Waals surface area contributed by atoms with Gasteiger partial charge in [-0.25, -0.2) is 0 Å². The Morgan fingerprint density at radius 1 is 0.833 bits per heavy atom. The monoisotopic (exact) mass is 318 g/mol. The summed E-state index contributed by atoms with van der Waals surface area (Å²) >= 11 is 0. The second-order valence-corrected chi connectivity index (χ2v) is 5.34. The lowest BCUT2D eigenvalue weighted by Gasteiger charge is -2.10. The maximum Gasteiger partial charge on any atom is 0.193 e. The minimum absolute atomic E-state index is 0.155. The quantitative estimate of drug-likeness (QED) is 0.503. The summed E-state index contributed by atoms with van der Waals surface area (Å²) in [5.41, 5.74) is 1.40. The van der Waals surface area contributed by atoms with E-state index < -0.39 is 0 Å². The molecule has 0 aromatic heterocycles. The van der Waals surface area contributed by atoms with Crippen molar-refractivity contribution in [3.8, 4) is 11.5 Å². The fourth-order valence-electron chi connectivity index (χ4n) is 2.66. The first kappa shape index (κ1) is 15.8. The van der Waals surface area contributed by atoms with Gasteiger partial charge in [-0.05, 0) is 40.6 Å². The van der Waals surface area contributed by atoms with Gasteiger partial charge in [-0.15, -0.1) is 0 Å².